The van der Waals surface area contributed by atoms with Gasteiger partial charge in [-0.2, -0.15) is 0 Å². The van der Waals surface area contributed by atoms with E-state index in [0.29, 0.717) is 5.92 Å². The molecule has 0 fully saturated rings. The summed E-state index contributed by atoms with van der Waals surface area (Å²) in [5.41, 5.74) is 2.28. The molecule has 0 amide bonds. The maximum absolute atomic E-state index is 4.26. The zero-order valence-electron chi connectivity index (χ0n) is 10.8. The van der Waals surface area contributed by atoms with Crippen LogP contribution in [0.1, 0.15) is 27.2 Å². The predicted octanol–water partition coefficient (Wildman–Crippen LogP) is 3.00. The highest BCUT2D eigenvalue weighted by Crippen LogP contribution is 2.17. The van der Waals surface area contributed by atoms with Crippen LogP contribution in [0.5, 0.6) is 0 Å². The van der Waals surface area contributed by atoms with Crippen LogP contribution in [0.15, 0.2) is 18.5 Å². The van der Waals surface area contributed by atoms with Crippen molar-refractivity contribution in [3.63, 3.8) is 0 Å². The fourth-order valence-electron chi connectivity index (χ4n) is 1.66. The SMILES string of the molecule is CCCNc1cncc(N(C)CC(C)C)c1. The third-order valence-corrected chi connectivity index (χ3v) is 2.38. The van der Waals surface area contributed by atoms with Crippen LogP contribution in [0.2, 0.25) is 0 Å². The molecule has 0 radical (unpaired) electrons. The molecule has 1 heterocycles. The molecular formula is C13H23N3. The summed E-state index contributed by atoms with van der Waals surface area (Å²) < 4.78 is 0. The summed E-state index contributed by atoms with van der Waals surface area (Å²) >= 11 is 0. The molecule has 0 saturated carbocycles. The lowest BCUT2D eigenvalue weighted by Gasteiger charge is -2.21. The van der Waals surface area contributed by atoms with Crippen LogP contribution in [-0.2, 0) is 0 Å². The van der Waals surface area contributed by atoms with E-state index in [1.54, 1.807) is 0 Å². The maximum atomic E-state index is 4.26. The van der Waals surface area contributed by atoms with E-state index in [1.165, 1.54) is 5.69 Å². The van der Waals surface area contributed by atoms with E-state index >= 15 is 0 Å². The van der Waals surface area contributed by atoms with Crippen molar-refractivity contribution in [3.05, 3.63) is 18.5 Å². The van der Waals surface area contributed by atoms with Crippen molar-refractivity contribution >= 4 is 11.4 Å². The quantitative estimate of drug-likeness (QED) is 0.800. The fraction of sp³-hybridized carbons (Fsp3) is 0.615. The summed E-state index contributed by atoms with van der Waals surface area (Å²) in [5, 5.41) is 3.35. The minimum absolute atomic E-state index is 0.664. The highest BCUT2D eigenvalue weighted by molar-refractivity contribution is 5.55. The van der Waals surface area contributed by atoms with Crippen molar-refractivity contribution in [2.75, 3.05) is 30.4 Å². The predicted molar refractivity (Wildman–Crippen MR) is 71.1 cm³/mol. The third kappa shape index (κ3) is 4.09. The summed E-state index contributed by atoms with van der Waals surface area (Å²) in [6.07, 6.45) is 4.92. The van der Waals surface area contributed by atoms with Crippen molar-refractivity contribution in [2.45, 2.75) is 27.2 Å². The molecular weight excluding hydrogens is 198 g/mol. The van der Waals surface area contributed by atoms with Crippen LogP contribution < -0.4 is 10.2 Å². The van der Waals surface area contributed by atoms with Crippen LogP contribution in [0, 0.1) is 5.92 Å². The van der Waals surface area contributed by atoms with Crippen LogP contribution in [-0.4, -0.2) is 25.1 Å². The Bertz CT molecular complexity index is 310. The number of hydrogen-bond acceptors (Lipinski definition) is 3. The summed E-state index contributed by atoms with van der Waals surface area (Å²) in [4.78, 5) is 6.51. The number of pyridine rings is 1. The number of anilines is 2. The molecule has 0 aliphatic carbocycles. The van der Waals surface area contributed by atoms with Crippen molar-refractivity contribution in [1.82, 2.24) is 4.98 Å². The van der Waals surface area contributed by atoms with Gasteiger partial charge in [0.05, 0.1) is 23.8 Å². The first-order valence-electron chi connectivity index (χ1n) is 6.03. The minimum Gasteiger partial charge on any atom is -0.384 e. The van der Waals surface area contributed by atoms with E-state index in [-0.39, 0.29) is 0 Å². The van der Waals surface area contributed by atoms with Crippen LogP contribution >= 0.6 is 0 Å². The van der Waals surface area contributed by atoms with Crippen LogP contribution in [0.3, 0.4) is 0 Å². The average molecular weight is 221 g/mol. The van der Waals surface area contributed by atoms with Gasteiger partial charge in [0.1, 0.15) is 0 Å². The minimum atomic E-state index is 0.664. The number of aromatic nitrogens is 1. The van der Waals surface area contributed by atoms with E-state index in [4.69, 9.17) is 0 Å². The molecule has 90 valence electrons. The molecule has 1 aromatic rings. The number of hydrogen-bond donors (Lipinski definition) is 1. The van der Waals surface area contributed by atoms with Gasteiger partial charge in [-0.1, -0.05) is 20.8 Å². The number of nitrogens with zero attached hydrogens (tertiary/aromatic N) is 2. The summed E-state index contributed by atoms with van der Waals surface area (Å²) in [7, 11) is 2.11. The smallest absolute Gasteiger partial charge is 0.0570 e. The molecule has 0 aliphatic heterocycles. The van der Waals surface area contributed by atoms with Gasteiger partial charge >= 0.3 is 0 Å². The van der Waals surface area contributed by atoms with Gasteiger partial charge in [-0.15, -0.1) is 0 Å². The second kappa shape index (κ2) is 6.36. The summed E-state index contributed by atoms with van der Waals surface area (Å²) in [6, 6.07) is 2.16. The zero-order valence-corrected chi connectivity index (χ0v) is 10.8. The molecule has 0 spiro atoms. The first-order chi connectivity index (χ1) is 7.63. The molecule has 3 nitrogen and oxygen atoms in total. The zero-order chi connectivity index (χ0) is 12.0. The van der Waals surface area contributed by atoms with E-state index in [2.05, 4.69) is 49.1 Å². The lowest BCUT2D eigenvalue weighted by atomic mass is 10.2. The molecule has 0 aromatic carbocycles. The van der Waals surface area contributed by atoms with Gasteiger partial charge in [-0.25, -0.2) is 0 Å². The van der Waals surface area contributed by atoms with Gasteiger partial charge < -0.3 is 10.2 Å². The van der Waals surface area contributed by atoms with Gasteiger partial charge in [0.25, 0.3) is 0 Å². The second-order valence-corrected chi connectivity index (χ2v) is 4.63. The van der Waals surface area contributed by atoms with Crippen molar-refractivity contribution < 1.29 is 0 Å². The molecule has 3 heteroatoms. The molecule has 16 heavy (non-hydrogen) atoms. The molecule has 0 bridgehead atoms. The van der Waals surface area contributed by atoms with Gasteiger partial charge in [-0.3, -0.25) is 4.98 Å². The highest BCUT2D eigenvalue weighted by atomic mass is 15.1. The number of rotatable bonds is 6. The highest BCUT2D eigenvalue weighted by Gasteiger charge is 2.04. The lowest BCUT2D eigenvalue weighted by molar-refractivity contribution is 0.638. The van der Waals surface area contributed by atoms with Gasteiger partial charge in [0.2, 0.25) is 0 Å². The Morgan fingerprint density at radius 2 is 2.12 bits per heavy atom. The Hall–Kier alpha value is -1.25. The van der Waals surface area contributed by atoms with E-state index < -0.39 is 0 Å². The molecule has 1 N–H and O–H groups in total. The average Bonchev–Trinajstić information content (AvgIpc) is 2.26. The molecule has 1 rings (SSSR count). The summed E-state index contributed by atoms with van der Waals surface area (Å²) in [5.74, 6) is 0.664. The topological polar surface area (TPSA) is 28.2 Å². The Balaban J connectivity index is 2.65. The Labute approximate surface area is 98.9 Å². The number of nitrogens with one attached hydrogen (secondary N) is 1. The van der Waals surface area contributed by atoms with Gasteiger partial charge in [-0.05, 0) is 18.4 Å². The van der Waals surface area contributed by atoms with E-state index in [1.807, 2.05) is 12.4 Å². The van der Waals surface area contributed by atoms with E-state index in [0.717, 1.165) is 25.2 Å². The van der Waals surface area contributed by atoms with Crippen LogP contribution in [0.25, 0.3) is 0 Å². The normalized spacial score (nSPS) is 10.6. The summed E-state index contributed by atoms with van der Waals surface area (Å²) in [6.45, 7) is 8.67. The van der Waals surface area contributed by atoms with Crippen LogP contribution in [0.4, 0.5) is 11.4 Å². The maximum Gasteiger partial charge on any atom is 0.0570 e. The molecule has 1 aromatic heterocycles. The first-order valence-corrected chi connectivity index (χ1v) is 6.03. The molecule has 0 saturated heterocycles. The monoisotopic (exact) mass is 221 g/mol. The standard InChI is InChI=1S/C13H23N3/c1-5-6-15-12-7-13(9-14-8-12)16(4)10-11(2)3/h7-9,11,15H,5-6,10H2,1-4H3. The molecule has 0 atom stereocenters. The molecule has 0 unspecified atom stereocenters. The van der Waals surface area contributed by atoms with Gasteiger partial charge in [0.15, 0.2) is 0 Å². The van der Waals surface area contributed by atoms with Crippen molar-refractivity contribution in [1.29, 1.82) is 0 Å². The van der Waals surface area contributed by atoms with E-state index in [9.17, 15) is 0 Å². The van der Waals surface area contributed by atoms with Crippen molar-refractivity contribution in [3.8, 4) is 0 Å². The Morgan fingerprint density at radius 3 is 2.75 bits per heavy atom. The van der Waals surface area contributed by atoms with Gasteiger partial charge in [0, 0.05) is 20.1 Å². The molecule has 0 aliphatic rings. The Kier molecular flexibility index (Phi) is 5.09. The Morgan fingerprint density at radius 1 is 1.38 bits per heavy atom. The van der Waals surface area contributed by atoms with Crippen molar-refractivity contribution in [2.24, 2.45) is 5.92 Å². The fourth-order valence-corrected chi connectivity index (χ4v) is 1.66. The third-order valence-electron chi connectivity index (χ3n) is 2.38. The largest absolute Gasteiger partial charge is 0.384 e. The first kappa shape index (κ1) is 12.8. The lowest BCUT2D eigenvalue weighted by Crippen LogP contribution is -2.22. The second-order valence-electron chi connectivity index (χ2n) is 4.63.